The second-order valence-corrected chi connectivity index (χ2v) is 3.01. The minimum absolute atomic E-state index is 0.0428. The molecule has 1 aromatic heterocycles. The zero-order chi connectivity index (χ0) is 10.8. The summed E-state index contributed by atoms with van der Waals surface area (Å²) in [7, 11) is 0. The molecule has 0 spiro atoms. The monoisotopic (exact) mass is 201 g/mol. The number of nitro benzene ring substituents is 1. The second-order valence-electron chi connectivity index (χ2n) is 3.01. The van der Waals surface area contributed by atoms with Gasteiger partial charge in [0.15, 0.2) is 0 Å². The van der Waals surface area contributed by atoms with Gasteiger partial charge in [-0.1, -0.05) is 5.92 Å². The highest BCUT2D eigenvalue weighted by Gasteiger charge is 2.09. The number of nitrogens with zero attached hydrogens (tertiary/aromatic N) is 3. The minimum atomic E-state index is -0.438. The van der Waals surface area contributed by atoms with Crippen LogP contribution in [-0.2, 0) is 6.54 Å². The molecule has 0 aliphatic rings. The molecule has 5 nitrogen and oxygen atoms in total. The summed E-state index contributed by atoms with van der Waals surface area (Å²) in [5.41, 5.74) is 1.43. The van der Waals surface area contributed by atoms with E-state index in [1.807, 2.05) is 0 Å². The van der Waals surface area contributed by atoms with E-state index in [1.165, 1.54) is 12.1 Å². The Kier molecular flexibility index (Phi) is 2.10. The van der Waals surface area contributed by atoms with E-state index < -0.39 is 4.92 Å². The van der Waals surface area contributed by atoms with Crippen LogP contribution < -0.4 is 0 Å². The van der Waals surface area contributed by atoms with Gasteiger partial charge in [0.05, 0.1) is 28.8 Å². The quantitative estimate of drug-likeness (QED) is 0.421. The SMILES string of the molecule is C#CCn1cnc2ccc([N+](=O)[O-])cc21. The van der Waals surface area contributed by atoms with Crippen LogP contribution in [0, 0.1) is 22.5 Å². The fraction of sp³-hybridized carbons (Fsp3) is 0.100. The third kappa shape index (κ3) is 1.53. The molecule has 0 saturated carbocycles. The van der Waals surface area contributed by atoms with E-state index in [0.29, 0.717) is 17.6 Å². The predicted molar refractivity (Wildman–Crippen MR) is 55.2 cm³/mol. The zero-order valence-corrected chi connectivity index (χ0v) is 7.75. The van der Waals surface area contributed by atoms with Crippen molar-refractivity contribution in [1.82, 2.24) is 9.55 Å². The molecule has 2 aromatic rings. The lowest BCUT2D eigenvalue weighted by atomic mass is 10.3. The Bertz CT molecular complexity index is 566. The summed E-state index contributed by atoms with van der Waals surface area (Å²) in [5, 5.41) is 10.6. The Morgan fingerprint density at radius 1 is 1.60 bits per heavy atom. The van der Waals surface area contributed by atoms with E-state index in [2.05, 4.69) is 10.9 Å². The molecule has 0 atom stereocenters. The number of non-ortho nitro benzene ring substituents is 1. The molecule has 0 fully saturated rings. The third-order valence-electron chi connectivity index (χ3n) is 2.08. The summed E-state index contributed by atoms with van der Waals surface area (Å²) in [6.45, 7) is 0.359. The molecule has 5 heteroatoms. The van der Waals surface area contributed by atoms with Crippen molar-refractivity contribution in [3.05, 3.63) is 34.6 Å². The van der Waals surface area contributed by atoms with Crippen molar-refractivity contribution in [2.45, 2.75) is 6.54 Å². The molecular weight excluding hydrogens is 194 g/mol. The van der Waals surface area contributed by atoms with Gasteiger partial charge in [0.1, 0.15) is 0 Å². The molecule has 74 valence electrons. The van der Waals surface area contributed by atoms with Gasteiger partial charge in [-0.05, 0) is 6.07 Å². The van der Waals surface area contributed by atoms with Gasteiger partial charge in [0, 0.05) is 12.1 Å². The Balaban J connectivity index is 2.62. The number of nitro groups is 1. The van der Waals surface area contributed by atoms with Gasteiger partial charge in [-0.2, -0.15) is 0 Å². The number of hydrogen-bond donors (Lipinski definition) is 0. The van der Waals surface area contributed by atoms with Crippen LogP contribution in [0.1, 0.15) is 0 Å². The molecule has 2 rings (SSSR count). The number of imidazole rings is 1. The summed E-state index contributed by atoms with van der Waals surface area (Å²) >= 11 is 0. The number of benzene rings is 1. The van der Waals surface area contributed by atoms with Crippen molar-refractivity contribution in [1.29, 1.82) is 0 Å². The lowest BCUT2D eigenvalue weighted by Crippen LogP contribution is -1.93. The molecule has 0 N–H and O–H groups in total. The minimum Gasteiger partial charge on any atom is -0.319 e. The molecule has 1 aromatic carbocycles. The Morgan fingerprint density at radius 2 is 2.40 bits per heavy atom. The highest BCUT2D eigenvalue weighted by atomic mass is 16.6. The standard InChI is InChI=1S/C10H7N3O2/c1-2-5-12-7-11-9-4-3-8(13(14)15)6-10(9)12/h1,3-4,6-7H,5H2. The van der Waals surface area contributed by atoms with Crippen molar-refractivity contribution in [2.24, 2.45) is 0 Å². The summed E-state index contributed by atoms with van der Waals surface area (Å²) in [6, 6.07) is 4.51. The maximum absolute atomic E-state index is 10.6. The Morgan fingerprint density at radius 3 is 3.07 bits per heavy atom. The summed E-state index contributed by atoms with van der Waals surface area (Å²) in [5.74, 6) is 2.46. The lowest BCUT2D eigenvalue weighted by molar-refractivity contribution is -0.384. The molecule has 0 amide bonds. The lowest BCUT2D eigenvalue weighted by Gasteiger charge is -1.97. The predicted octanol–water partition coefficient (Wildman–Crippen LogP) is 1.58. The fourth-order valence-corrected chi connectivity index (χ4v) is 1.38. The smallest absolute Gasteiger partial charge is 0.271 e. The van der Waals surface area contributed by atoms with Crippen LogP contribution >= 0.6 is 0 Å². The second kappa shape index (κ2) is 3.42. The highest BCUT2D eigenvalue weighted by molar-refractivity contribution is 5.78. The maximum atomic E-state index is 10.6. The van der Waals surface area contributed by atoms with Gasteiger partial charge in [0.25, 0.3) is 5.69 Å². The van der Waals surface area contributed by atoms with Crippen LogP contribution in [0.4, 0.5) is 5.69 Å². The van der Waals surface area contributed by atoms with Gasteiger partial charge in [-0.3, -0.25) is 10.1 Å². The first kappa shape index (κ1) is 9.21. The topological polar surface area (TPSA) is 61.0 Å². The van der Waals surface area contributed by atoms with Crippen LogP contribution in [0.3, 0.4) is 0 Å². The van der Waals surface area contributed by atoms with Gasteiger partial charge >= 0.3 is 0 Å². The first-order valence-electron chi connectivity index (χ1n) is 4.25. The zero-order valence-electron chi connectivity index (χ0n) is 7.75. The van der Waals surface area contributed by atoms with Crippen molar-refractivity contribution in [3.8, 4) is 12.3 Å². The van der Waals surface area contributed by atoms with Crippen LogP contribution in [0.15, 0.2) is 24.5 Å². The third-order valence-corrected chi connectivity index (χ3v) is 2.08. The number of terminal acetylenes is 1. The molecule has 1 heterocycles. The molecule has 0 bridgehead atoms. The van der Waals surface area contributed by atoms with Gasteiger partial charge in [-0.15, -0.1) is 6.42 Å². The molecule has 0 aliphatic heterocycles. The number of aromatic nitrogens is 2. The largest absolute Gasteiger partial charge is 0.319 e. The average Bonchev–Trinajstić information content (AvgIpc) is 2.61. The van der Waals surface area contributed by atoms with E-state index in [1.54, 1.807) is 17.0 Å². The van der Waals surface area contributed by atoms with Crippen LogP contribution in [0.25, 0.3) is 11.0 Å². The maximum Gasteiger partial charge on any atom is 0.271 e. The summed E-state index contributed by atoms with van der Waals surface area (Å²) < 4.78 is 1.70. The molecule has 15 heavy (non-hydrogen) atoms. The van der Waals surface area contributed by atoms with E-state index in [4.69, 9.17) is 6.42 Å². The first-order chi connectivity index (χ1) is 7.22. The molecule has 0 saturated heterocycles. The number of hydrogen-bond acceptors (Lipinski definition) is 3. The van der Waals surface area contributed by atoms with E-state index in [0.717, 1.165) is 0 Å². The average molecular weight is 201 g/mol. The van der Waals surface area contributed by atoms with Crippen molar-refractivity contribution in [2.75, 3.05) is 0 Å². The molecule has 0 aliphatic carbocycles. The summed E-state index contributed by atoms with van der Waals surface area (Å²) in [4.78, 5) is 14.2. The number of fused-ring (bicyclic) bond motifs is 1. The molecular formula is C10H7N3O2. The van der Waals surface area contributed by atoms with E-state index in [-0.39, 0.29) is 5.69 Å². The first-order valence-corrected chi connectivity index (χ1v) is 4.25. The Hall–Kier alpha value is -2.35. The van der Waals surface area contributed by atoms with Crippen molar-refractivity contribution < 1.29 is 4.92 Å². The van der Waals surface area contributed by atoms with E-state index >= 15 is 0 Å². The van der Waals surface area contributed by atoms with Gasteiger partial charge in [-0.25, -0.2) is 4.98 Å². The van der Waals surface area contributed by atoms with Crippen molar-refractivity contribution in [3.63, 3.8) is 0 Å². The highest BCUT2D eigenvalue weighted by Crippen LogP contribution is 2.19. The molecule has 0 radical (unpaired) electrons. The normalized spacial score (nSPS) is 10.1. The van der Waals surface area contributed by atoms with Gasteiger partial charge in [0.2, 0.25) is 0 Å². The van der Waals surface area contributed by atoms with Crippen LogP contribution in [0.2, 0.25) is 0 Å². The van der Waals surface area contributed by atoms with Gasteiger partial charge < -0.3 is 4.57 Å². The van der Waals surface area contributed by atoms with Crippen LogP contribution in [-0.4, -0.2) is 14.5 Å². The van der Waals surface area contributed by atoms with Crippen LogP contribution in [0.5, 0.6) is 0 Å². The summed E-state index contributed by atoms with van der Waals surface area (Å²) in [6.07, 6.45) is 6.75. The fourth-order valence-electron chi connectivity index (χ4n) is 1.38. The van der Waals surface area contributed by atoms with E-state index in [9.17, 15) is 10.1 Å². The molecule has 0 unspecified atom stereocenters. The van der Waals surface area contributed by atoms with Crippen molar-refractivity contribution >= 4 is 16.7 Å². The Labute approximate surface area is 85.5 Å². The number of rotatable bonds is 2.